The lowest BCUT2D eigenvalue weighted by Gasteiger charge is -2.05. The number of carbonyl (C=O) groups excluding carboxylic acids is 2. The number of aromatic nitrogens is 1. The molecule has 0 spiro atoms. The van der Waals surface area contributed by atoms with Crippen LogP contribution in [0, 0.1) is 5.82 Å². The van der Waals surface area contributed by atoms with Crippen LogP contribution in [0.15, 0.2) is 52.4 Å². The highest BCUT2D eigenvalue weighted by Crippen LogP contribution is 2.20. The van der Waals surface area contributed by atoms with Gasteiger partial charge in [0.25, 0.3) is 5.91 Å². The fraction of sp³-hybridized carbons (Fsp3) is 0.211. The predicted octanol–water partition coefficient (Wildman–Crippen LogP) is 3.87. The quantitative estimate of drug-likeness (QED) is 0.478. The standard InChI is InChI=1S/C19H17FN2O3S2/c1-3-25-17(23)11-22-15-8-7-13(20)10-16(15)27-19(22)21-18(24)12-5-4-6-14(9-12)26-2/h4-10H,3,11H2,1-2H3. The second-order valence-electron chi connectivity index (χ2n) is 5.54. The SMILES string of the molecule is CCOC(=O)Cn1c(=NC(=O)c2cccc(SC)c2)sc2cc(F)ccc21. The molecule has 0 saturated heterocycles. The molecule has 0 bridgehead atoms. The highest BCUT2D eigenvalue weighted by Gasteiger charge is 2.13. The molecule has 8 heteroatoms. The lowest BCUT2D eigenvalue weighted by Crippen LogP contribution is -2.23. The van der Waals surface area contributed by atoms with Crippen LogP contribution in [0.5, 0.6) is 0 Å². The molecule has 3 aromatic rings. The molecule has 3 rings (SSSR count). The van der Waals surface area contributed by atoms with Crippen LogP contribution in [-0.4, -0.2) is 29.3 Å². The number of thiazole rings is 1. The Hall–Kier alpha value is -2.45. The van der Waals surface area contributed by atoms with Crippen LogP contribution in [-0.2, 0) is 16.1 Å². The zero-order chi connectivity index (χ0) is 19.4. The van der Waals surface area contributed by atoms with Crippen LogP contribution in [0.2, 0.25) is 0 Å². The van der Waals surface area contributed by atoms with Gasteiger partial charge in [-0.2, -0.15) is 4.99 Å². The number of nitrogens with zero attached hydrogens (tertiary/aromatic N) is 2. The number of esters is 1. The first-order valence-corrected chi connectivity index (χ1v) is 10.2. The first-order valence-electron chi connectivity index (χ1n) is 8.19. The number of rotatable bonds is 5. The van der Waals surface area contributed by atoms with Crippen molar-refractivity contribution in [1.29, 1.82) is 0 Å². The highest BCUT2D eigenvalue weighted by molar-refractivity contribution is 7.98. The zero-order valence-corrected chi connectivity index (χ0v) is 16.4. The molecule has 0 N–H and O–H groups in total. The van der Waals surface area contributed by atoms with Crippen LogP contribution in [0.25, 0.3) is 10.2 Å². The van der Waals surface area contributed by atoms with Gasteiger partial charge in [0.1, 0.15) is 12.4 Å². The van der Waals surface area contributed by atoms with Crippen molar-refractivity contribution in [2.75, 3.05) is 12.9 Å². The maximum absolute atomic E-state index is 13.6. The molecule has 27 heavy (non-hydrogen) atoms. The van der Waals surface area contributed by atoms with Gasteiger partial charge in [0.05, 0.1) is 16.8 Å². The molecule has 1 heterocycles. The van der Waals surface area contributed by atoms with Crippen LogP contribution in [0.4, 0.5) is 4.39 Å². The first-order chi connectivity index (χ1) is 13.0. The van der Waals surface area contributed by atoms with Gasteiger partial charge in [0, 0.05) is 10.5 Å². The summed E-state index contributed by atoms with van der Waals surface area (Å²) in [6.45, 7) is 1.87. The van der Waals surface area contributed by atoms with Crippen molar-refractivity contribution in [3.05, 3.63) is 58.6 Å². The Morgan fingerprint density at radius 2 is 2.07 bits per heavy atom. The number of ether oxygens (including phenoxy) is 1. The number of halogens is 1. The Bertz CT molecular complexity index is 1070. The van der Waals surface area contributed by atoms with Crippen LogP contribution >= 0.6 is 23.1 Å². The predicted molar refractivity (Wildman–Crippen MR) is 105 cm³/mol. The Kier molecular flexibility index (Phi) is 6.08. The van der Waals surface area contributed by atoms with Crippen molar-refractivity contribution in [2.24, 2.45) is 4.99 Å². The smallest absolute Gasteiger partial charge is 0.326 e. The molecule has 0 atom stereocenters. The average molecular weight is 404 g/mol. The third-order valence-corrected chi connectivity index (χ3v) is 5.52. The lowest BCUT2D eigenvalue weighted by atomic mass is 10.2. The van der Waals surface area contributed by atoms with E-state index in [4.69, 9.17) is 4.74 Å². The van der Waals surface area contributed by atoms with Gasteiger partial charge in [0.15, 0.2) is 4.80 Å². The number of benzene rings is 2. The van der Waals surface area contributed by atoms with Crippen molar-refractivity contribution < 1.29 is 18.7 Å². The fourth-order valence-corrected chi connectivity index (χ4v) is 4.04. The maximum atomic E-state index is 13.6. The molecular formula is C19H17FN2O3S2. The molecule has 0 aliphatic heterocycles. The number of thioether (sulfide) groups is 1. The molecule has 1 amide bonds. The lowest BCUT2D eigenvalue weighted by molar-refractivity contribution is -0.143. The number of hydrogen-bond acceptors (Lipinski definition) is 5. The second kappa shape index (κ2) is 8.49. The third kappa shape index (κ3) is 4.45. The van der Waals surface area contributed by atoms with Gasteiger partial charge in [-0.15, -0.1) is 11.8 Å². The van der Waals surface area contributed by atoms with Crippen molar-refractivity contribution in [3.8, 4) is 0 Å². The minimum Gasteiger partial charge on any atom is -0.465 e. The summed E-state index contributed by atoms with van der Waals surface area (Å²) >= 11 is 2.68. The van der Waals surface area contributed by atoms with E-state index in [1.54, 1.807) is 35.8 Å². The molecule has 0 saturated carbocycles. The fourth-order valence-electron chi connectivity index (χ4n) is 2.53. The van der Waals surface area contributed by atoms with E-state index in [1.807, 2.05) is 12.3 Å². The van der Waals surface area contributed by atoms with Crippen LogP contribution in [0.3, 0.4) is 0 Å². The summed E-state index contributed by atoms with van der Waals surface area (Å²) in [6, 6.07) is 11.4. The summed E-state index contributed by atoms with van der Waals surface area (Å²) in [7, 11) is 0. The maximum Gasteiger partial charge on any atom is 0.326 e. The number of fused-ring (bicyclic) bond motifs is 1. The normalized spacial score (nSPS) is 11.7. The molecule has 1 aromatic heterocycles. The van der Waals surface area contributed by atoms with Gasteiger partial charge in [-0.1, -0.05) is 17.4 Å². The summed E-state index contributed by atoms with van der Waals surface area (Å²) in [6.07, 6.45) is 1.93. The first kappa shape index (κ1) is 19.3. The number of hydrogen-bond donors (Lipinski definition) is 0. The molecule has 0 aliphatic rings. The van der Waals surface area contributed by atoms with Crippen molar-refractivity contribution >= 4 is 45.2 Å². The van der Waals surface area contributed by atoms with Gasteiger partial charge < -0.3 is 9.30 Å². The molecule has 5 nitrogen and oxygen atoms in total. The minimum atomic E-state index is -0.445. The molecule has 0 fully saturated rings. The Labute approximate surface area is 163 Å². The number of amides is 1. The van der Waals surface area contributed by atoms with Gasteiger partial charge >= 0.3 is 5.97 Å². The minimum absolute atomic E-state index is 0.101. The molecular weight excluding hydrogens is 387 g/mol. The topological polar surface area (TPSA) is 60.7 Å². The van der Waals surface area contributed by atoms with E-state index in [9.17, 15) is 14.0 Å². The summed E-state index contributed by atoms with van der Waals surface area (Å²) in [5.74, 6) is -1.26. The van der Waals surface area contributed by atoms with Gasteiger partial charge in [-0.25, -0.2) is 4.39 Å². The monoisotopic (exact) mass is 404 g/mol. The van der Waals surface area contributed by atoms with E-state index in [-0.39, 0.29) is 13.2 Å². The highest BCUT2D eigenvalue weighted by atomic mass is 32.2. The Morgan fingerprint density at radius 1 is 1.26 bits per heavy atom. The van der Waals surface area contributed by atoms with Gasteiger partial charge in [-0.05, 0) is 49.6 Å². The Morgan fingerprint density at radius 3 is 2.81 bits per heavy atom. The third-order valence-electron chi connectivity index (χ3n) is 3.75. The van der Waals surface area contributed by atoms with E-state index >= 15 is 0 Å². The molecule has 0 unspecified atom stereocenters. The molecule has 0 radical (unpaired) electrons. The summed E-state index contributed by atoms with van der Waals surface area (Å²) in [4.78, 5) is 30.1. The van der Waals surface area contributed by atoms with Crippen molar-refractivity contribution in [3.63, 3.8) is 0 Å². The summed E-state index contributed by atoms with van der Waals surface area (Å²) < 4.78 is 20.8. The molecule has 140 valence electrons. The van der Waals surface area contributed by atoms with E-state index in [0.29, 0.717) is 20.6 Å². The van der Waals surface area contributed by atoms with E-state index in [0.717, 1.165) is 16.2 Å². The zero-order valence-electron chi connectivity index (χ0n) is 14.8. The number of carbonyl (C=O) groups is 2. The van der Waals surface area contributed by atoms with E-state index in [1.165, 1.54) is 23.9 Å². The largest absolute Gasteiger partial charge is 0.465 e. The second-order valence-corrected chi connectivity index (χ2v) is 7.43. The van der Waals surface area contributed by atoms with E-state index in [2.05, 4.69) is 4.99 Å². The molecule has 0 aliphatic carbocycles. The van der Waals surface area contributed by atoms with Crippen LogP contribution < -0.4 is 4.80 Å². The van der Waals surface area contributed by atoms with Crippen LogP contribution in [0.1, 0.15) is 17.3 Å². The summed E-state index contributed by atoms with van der Waals surface area (Å²) in [5, 5.41) is 0. The summed E-state index contributed by atoms with van der Waals surface area (Å²) in [5.41, 5.74) is 1.08. The average Bonchev–Trinajstić information content (AvgIpc) is 2.98. The van der Waals surface area contributed by atoms with Crippen molar-refractivity contribution in [2.45, 2.75) is 18.4 Å². The Balaban J connectivity index is 2.09. The van der Waals surface area contributed by atoms with Gasteiger partial charge in [-0.3, -0.25) is 9.59 Å². The van der Waals surface area contributed by atoms with Crippen molar-refractivity contribution in [1.82, 2.24) is 4.57 Å². The molecule has 2 aromatic carbocycles. The van der Waals surface area contributed by atoms with E-state index < -0.39 is 17.7 Å². The van der Waals surface area contributed by atoms with Gasteiger partial charge in [0.2, 0.25) is 0 Å².